The van der Waals surface area contributed by atoms with Crippen LogP contribution in [0.4, 0.5) is 0 Å². The molecular formula is C11H22N2S. The highest BCUT2D eigenvalue weighted by Crippen LogP contribution is 2.22. The molecule has 0 saturated carbocycles. The summed E-state index contributed by atoms with van der Waals surface area (Å²) in [5, 5.41) is 0. The van der Waals surface area contributed by atoms with Crippen molar-refractivity contribution in [2.24, 2.45) is 5.73 Å². The number of likely N-dealkylation sites (tertiary alicyclic amines) is 1. The Morgan fingerprint density at radius 2 is 2.29 bits per heavy atom. The summed E-state index contributed by atoms with van der Waals surface area (Å²) in [7, 11) is 0. The Labute approximate surface area is 92.8 Å². The summed E-state index contributed by atoms with van der Waals surface area (Å²) in [5.41, 5.74) is 5.59. The van der Waals surface area contributed by atoms with Gasteiger partial charge in [-0.25, -0.2) is 0 Å². The summed E-state index contributed by atoms with van der Waals surface area (Å²) in [6, 6.07) is 1.28. The first-order valence-electron chi connectivity index (χ1n) is 5.69. The van der Waals surface area contributed by atoms with E-state index in [0.29, 0.717) is 11.0 Å². The van der Waals surface area contributed by atoms with Gasteiger partial charge in [0.15, 0.2) is 0 Å². The van der Waals surface area contributed by atoms with E-state index in [-0.39, 0.29) is 0 Å². The molecule has 1 fully saturated rings. The molecule has 0 radical (unpaired) electrons. The Morgan fingerprint density at radius 1 is 1.57 bits per heavy atom. The van der Waals surface area contributed by atoms with Crippen LogP contribution in [0.3, 0.4) is 0 Å². The average Bonchev–Trinajstić information content (AvgIpc) is 2.16. The van der Waals surface area contributed by atoms with E-state index in [1.807, 2.05) is 0 Å². The summed E-state index contributed by atoms with van der Waals surface area (Å²) in [6.45, 7) is 5.74. The maximum Gasteiger partial charge on any atom is 0.0742 e. The number of nitrogens with two attached hydrogens (primary N) is 1. The number of hydrogen-bond acceptors (Lipinski definition) is 2. The highest BCUT2D eigenvalue weighted by molar-refractivity contribution is 7.80. The molecule has 0 aliphatic carbocycles. The van der Waals surface area contributed by atoms with E-state index in [4.69, 9.17) is 18.0 Å². The minimum atomic E-state index is 0.526. The molecule has 1 heterocycles. The minimum Gasteiger partial charge on any atom is -0.393 e. The van der Waals surface area contributed by atoms with Gasteiger partial charge in [-0.3, -0.25) is 4.90 Å². The van der Waals surface area contributed by atoms with E-state index >= 15 is 0 Å². The fourth-order valence-corrected chi connectivity index (χ4v) is 2.69. The lowest BCUT2D eigenvalue weighted by Crippen LogP contribution is -2.45. The Hall–Kier alpha value is -0.150. The highest BCUT2D eigenvalue weighted by Gasteiger charge is 2.25. The summed E-state index contributed by atoms with van der Waals surface area (Å²) in [4.78, 5) is 3.24. The third-order valence-corrected chi connectivity index (χ3v) is 3.37. The fourth-order valence-electron chi connectivity index (χ4n) is 2.45. The lowest BCUT2D eigenvalue weighted by molar-refractivity contribution is 0.103. The first kappa shape index (κ1) is 11.9. The van der Waals surface area contributed by atoms with Crippen molar-refractivity contribution in [1.29, 1.82) is 0 Å². The van der Waals surface area contributed by atoms with Crippen molar-refractivity contribution in [3.63, 3.8) is 0 Å². The number of piperidine rings is 1. The highest BCUT2D eigenvalue weighted by atomic mass is 32.1. The number of thiocarbonyl (C=S) groups is 1. The molecule has 1 aliphatic rings. The van der Waals surface area contributed by atoms with Crippen LogP contribution in [0.25, 0.3) is 0 Å². The molecule has 0 aromatic carbocycles. The van der Waals surface area contributed by atoms with Crippen molar-refractivity contribution in [2.75, 3.05) is 6.54 Å². The van der Waals surface area contributed by atoms with Crippen molar-refractivity contribution < 1.29 is 0 Å². The SMILES string of the molecule is CCC1CCCCN1C(C)CC(N)=S. The van der Waals surface area contributed by atoms with Gasteiger partial charge < -0.3 is 5.73 Å². The first-order valence-corrected chi connectivity index (χ1v) is 6.10. The van der Waals surface area contributed by atoms with Crippen LogP contribution in [0.2, 0.25) is 0 Å². The van der Waals surface area contributed by atoms with Crippen molar-refractivity contribution >= 4 is 17.2 Å². The van der Waals surface area contributed by atoms with Gasteiger partial charge >= 0.3 is 0 Å². The van der Waals surface area contributed by atoms with Crippen molar-refractivity contribution in [3.05, 3.63) is 0 Å². The topological polar surface area (TPSA) is 29.3 Å². The molecule has 2 unspecified atom stereocenters. The maximum atomic E-state index is 5.59. The molecule has 0 aromatic rings. The van der Waals surface area contributed by atoms with E-state index in [1.165, 1.54) is 32.2 Å². The molecule has 0 bridgehead atoms. The van der Waals surface area contributed by atoms with Crippen LogP contribution in [0.5, 0.6) is 0 Å². The van der Waals surface area contributed by atoms with Gasteiger partial charge in [-0.2, -0.15) is 0 Å². The van der Waals surface area contributed by atoms with E-state index in [9.17, 15) is 0 Å². The van der Waals surface area contributed by atoms with Crippen LogP contribution in [0.15, 0.2) is 0 Å². The van der Waals surface area contributed by atoms with E-state index in [1.54, 1.807) is 0 Å². The van der Waals surface area contributed by atoms with Gasteiger partial charge in [0.1, 0.15) is 0 Å². The van der Waals surface area contributed by atoms with Crippen LogP contribution >= 0.6 is 12.2 Å². The van der Waals surface area contributed by atoms with Gasteiger partial charge in [-0.15, -0.1) is 0 Å². The summed E-state index contributed by atoms with van der Waals surface area (Å²) < 4.78 is 0. The molecule has 1 rings (SSSR count). The monoisotopic (exact) mass is 214 g/mol. The number of rotatable bonds is 4. The molecule has 82 valence electrons. The molecule has 0 spiro atoms. The molecule has 3 heteroatoms. The van der Waals surface area contributed by atoms with Crippen molar-refractivity contribution in [3.8, 4) is 0 Å². The van der Waals surface area contributed by atoms with Crippen LogP contribution in [-0.4, -0.2) is 28.5 Å². The molecule has 1 saturated heterocycles. The van der Waals surface area contributed by atoms with Crippen molar-refractivity contribution in [1.82, 2.24) is 4.90 Å². The van der Waals surface area contributed by atoms with Gasteiger partial charge in [0, 0.05) is 18.5 Å². The zero-order valence-electron chi connectivity index (χ0n) is 9.33. The van der Waals surface area contributed by atoms with E-state index in [0.717, 1.165) is 12.5 Å². The van der Waals surface area contributed by atoms with Gasteiger partial charge in [0.2, 0.25) is 0 Å². The molecule has 1 aliphatic heterocycles. The van der Waals surface area contributed by atoms with Crippen LogP contribution in [-0.2, 0) is 0 Å². The van der Waals surface area contributed by atoms with Gasteiger partial charge in [-0.05, 0) is 32.7 Å². The average molecular weight is 214 g/mol. The second-order valence-electron chi connectivity index (χ2n) is 4.32. The normalized spacial score (nSPS) is 26.0. The number of hydrogen-bond donors (Lipinski definition) is 1. The Bertz CT molecular complexity index is 194. The fraction of sp³-hybridized carbons (Fsp3) is 0.909. The molecule has 14 heavy (non-hydrogen) atoms. The standard InChI is InChI=1S/C11H22N2S/c1-3-10-6-4-5-7-13(10)9(2)8-11(12)14/h9-10H,3-8H2,1-2H3,(H2,12,14). The van der Waals surface area contributed by atoms with Crippen LogP contribution in [0.1, 0.15) is 46.0 Å². The molecule has 2 N–H and O–H groups in total. The van der Waals surface area contributed by atoms with Gasteiger partial charge in [-0.1, -0.05) is 25.6 Å². The second kappa shape index (κ2) is 5.66. The summed E-state index contributed by atoms with van der Waals surface area (Å²) in [5.74, 6) is 0. The Kier molecular flexibility index (Phi) is 4.82. The molecule has 0 amide bonds. The lowest BCUT2D eigenvalue weighted by Gasteiger charge is -2.39. The van der Waals surface area contributed by atoms with Gasteiger partial charge in [0.05, 0.1) is 4.99 Å². The van der Waals surface area contributed by atoms with Crippen molar-refractivity contribution in [2.45, 2.75) is 58.0 Å². The first-order chi connectivity index (χ1) is 6.65. The number of nitrogens with zero attached hydrogens (tertiary/aromatic N) is 1. The summed E-state index contributed by atoms with van der Waals surface area (Å²) in [6.07, 6.45) is 6.18. The lowest BCUT2D eigenvalue weighted by atomic mass is 9.97. The predicted molar refractivity (Wildman–Crippen MR) is 65.5 cm³/mol. The zero-order chi connectivity index (χ0) is 10.6. The van der Waals surface area contributed by atoms with Crippen LogP contribution < -0.4 is 5.73 Å². The molecule has 2 atom stereocenters. The molecule has 0 aromatic heterocycles. The van der Waals surface area contributed by atoms with Gasteiger partial charge in [0.25, 0.3) is 0 Å². The maximum absolute atomic E-state index is 5.59. The Balaban J connectivity index is 2.49. The minimum absolute atomic E-state index is 0.526. The molecule has 2 nitrogen and oxygen atoms in total. The third-order valence-electron chi connectivity index (χ3n) is 3.21. The van der Waals surface area contributed by atoms with Crippen LogP contribution in [0, 0.1) is 0 Å². The third kappa shape index (κ3) is 3.21. The predicted octanol–water partition coefficient (Wildman–Crippen LogP) is 2.32. The quantitative estimate of drug-likeness (QED) is 0.728. The summed E-state index contributed by atoms with van der Waals surface area (Å²) >= 11 is 4.97. The largest absolute Gasteiger partial charge is 0.393 e. The smallest absolute Gasteiger partial charge is 0.0742 e. The zero-order valence-corrected chi connectivity index (χ0v) is 10.1. The van der Waals surface area contributed by atoms with E-state index in [2.05, 4.69) is 18.7 Å². The van der Waals surface area contributed by atoms with E-state index < -0.39 is 0 Å². The Morgan fingerprint density at radius 3 is 2.86 bits per heavy atom. The molecular weight excluding hydrogens is 192 g/mol. The second-order valence-corrected chi connectivity index (χ2v) is 4.84.